The smallest absolute Gasteiger partial charge is 0.306 e. The van der Waals surface area contributed by atoms with Crippen molar-refractivity contribution in [3.8, 4) is 0 Å². The lowest BCUT2D eigenvalue weighted by Crippen LogP contribution is -2.33. The molecule has 6 nitrogen and oxygen atoms in total. The highest BCUT2D eigenvalue weighted by atomic mass is 16.7. The molecule has 0 radical (unpaired) electrons. The van der Waals surface area contributed by atoms with Gasteiger partial charge < -0.3 is 24.4 Å². The Morgan fingerprint density at radius 2 is 1.70 bits per heavy atom. The summed E-state index contributed by atoms with van der Waals surface area (Å²) in [5, 5.41) is 21.2. The van der Waals surface area contributed by atoms with E-state index in [2.05, 4.69) is 19.1 Å². The molecule has 0 aromatic heterocycles. The van der Waals surface area contributed by atoms with Gasteiger partial charge in [-0.05, 0) is 64.2 Å². The van der Waals surface area contributed by atoms with E-state index in [9.17, 15) is 15.0 Å². The quantitative estimate of drug-likeness (QED) is 0.182. The van der Waals surface area contributed by atoms with E-state index in [1.807, 2.05) is 13.8 Å². The van der Waals surface area contributed by atoms with Crippen LogP contribution in [-0.2, 0) is 19.0 Å². The molecule has 1 saturated heterocycles. The summed E-state index contributed by atoms with van der Waals surface area (Å²) < 4.78 is 17.3. The fourth-order valence-corrected chi connectivity index (χ4v) is 5.26. The van der Waals surface area contributed by atoms with Crippen LogP contribution in [0.1, 0.15) is 104 Å². The molecule has 2 N–H and O–H groups in total. The normalized spacial score (nSPS) is 27.1. The second-order valence-corrected chi connectivity index (χ2v) is 10.1. The highest BCUT2D eigenvalue weighted by molar-refractivity contribution is 5.69. The highest BCUT2D eigenvalue weighted by Crippen LogP contribution is 2.41. The topological polar surface area (TPSA) is 85.2 Å². The van der Waals surface area contributed by atoms with Gasteiger partial charge in [-0.15, -0.1) is 0 Å². The van der Waals surface area contributed by atoms with Crippen LogP contribution in [0, 0.1) is 11.8 Å². The van der Waals surface area contributed by atoms with Gasteiger partial charge >= 0.3 is 5.97 Å². The summed E-state index contributed by atoms with van der Waals surface area (Å²) in [5.41, 5.74) is 0. The number of rotatable bonds is 16. The van der Waals surface area contributed by atoms with Gasteiger partial charge in [0.2, 0.25) is 0 Å². The van der Waals surface area contributed by atoms with Crippen LogP contribution >= 0.6 is 0 Å². The van der Waals surface area contributed by atoms with Crippen LogP contribution < -0.4 is 0 Å². The van der Waals surface area contributed by atoms with Crippen molar-refractivity contribution in [2.75, 3.05) is 13.2 Å². The Balaban J connectivity index is 1.78. The van der Waals surface area contributed by atoms with Gasteiger partial charge in [0, 0.05) is 19.3 Å². The van der Waals surface area contributed by atoms with Crippen molar-refractivity contribution in [1.82, 2.24) is 0 Å². The van der Waals surface area contributed by atoms with Crippen LogP contribution in [-0.4, -0.2) is 53.5 Å². The Labute approximate surface area is 201 Å². The molecule has 1 saturated carbocycles. The lowest BCUT2D eigenvalue weighted by Gasteiger charge is -2.31. The van der Waals surface area contributed by atoms with Gasteiger partial charge in [0.05, 0.1) is 31.5 Å². The first-order chi connectivity index (χ1) is 15.9. The van der Waals surface area contributed by atoms with Crippen molar-refractivity contribution in [3.63, 3.8) is 0 Å². The zero-order valence-electron chi connectivity index (χ0n) is 21.2. The first-order valence-corrected chi connectivity index (χ1v) is 13.4. The summed E-state index contributed by atoms with van der Waals surface area (Å²) in [6.45, 7) is 7.22. The molecule has 2 rings (SSSR count). The average molecular weight is 469 g/mol. The number of unbranched alkanes of at least 4 members (excludes halogenated alkanes) is 5. The molecule has 1 aliphatic heterocycles. The van der Waals surface area contributed by atoms with Gasteiger partial charge in [-0.1, -0.05) is 44.8 Å². The second-order valence-electron chi connectivity index (χ2n) is 10.1. The molecule has 0 bridgehead atoms. The molecular formula is C27H48O6. The van der Waals surface area contributed by atoms with E-state index in [-0.39, 0.29) is 23.9 Å². The molecule has 1 aliphatic carbocycles. The van der Waals surface area contributed by atoms with E-state index in [0.29, 0.717) is 26.1 Å². The second kappa shape index (κ2) is 15.1. The number of hydrogen-bond acceptors (Lipinski definition) is 6. The van der Waals surface area contributed by atoms with Crippen molar-refractivity contribution >= 4 is 5.97 Å². The fraction of sp³-hybridized carbons (Fsp3) is 0.889. The molecule has 2 unspecified atom stereocenters. The van der Waals surface area contributed by atoms with Crippen LogP contribution in [0.5, 0.6) is 0 Å². The first kappa shape index (κ1) is 28.3. The molecule has 6 heteroatoms. The number of ether oxygens (including phenoxy) is 3. The Kier molecular flexibility index (Phi) is 13.0. The first-order valence-electron chi connectivity index (χ1n) is 13.4. The van der Waals surface area contributed by atoms with E-state index < -0.39 is 18.0 Å². The van der Waals surface area contributed by atoms with Crippen molar-refractivity contribution in [2.45, 2.75) is 128 Å². The zero-order valence-corrected chi connectivity index (χ0v) is 21.2. The van der Waals surface area contributed by atoms with Crippen LogP contribution in [0.15, 0.2) is 12.2 Å². The number of esters is 1. The van der Waals surface area contributed by atoms with Crippen molar-refractivity contribution in [3.05, 3.63) is 12.2 Å². The molecule has 192 valence electrons. The maximum atomic E-state index is 11.6. The van der Waals surface area contributed by atoms with Crippen LogP contribution in [0.3, 0.4) is 0 Å². The molecule has 0 spiro atoms. The maximum Gasteiger partial charge on any atom is 0.306 e. The lowest BCUT2D eigenvalue weighted by molar-refractivity contribution is -0.171. The van der Waals surface area contributed by atoms with Crippen LogP contribution in [0.25, 0.3) is 0 Å². The number of carbonyl (C=O) groups is 1. The van der Waals surface area contributed by atoms with Crippen molar-refractivity contribution in [1.29, 1.82) is 0 Å². The predicted molar refractivity (Wildman–Crippen MR) is 130 cm³/mol. The van der Waals surface area contributed by atoms with Gasteiger partial charge in [0.1, 0.15) is 0 Å². The predicted octanol–water partition coefficient (Wildman–Crippen LogP) is 5.30. The molecule has 0 amide bonds. The van der Waals surface area contributed by atoms with E-state index >= 15 is 0 Å². The minimum absolute atomic E-state index is 0.0464. The Hall–Kier alpha value is -0.950. The third-order valence-corrected chi connectivity index (χ3v) is 7.05. The Morgan fingerprint density at radius 3 is 2.39 bits per heavy atom. The Morgan fingerprint density at radius 1 is 1.00 bits per heavy atom. The highest BCUT2D eigenvalue weighted by Gasteiger charge is 2.43. The van der Waals surface area contributed by atoms with Gasteiger partial charge in [-0.3, -0.25) is 4.79 Å². The summed E-state index contributed by atoms with van der Waals surface area (Å²) in [4.78, 5) is 11.6. The monoisotopic (exact) mass is 468 g/mol. The van der Waals surface area contributed by atoms with Crippen molar-refractivity contribution in [2.24, 2.45) is 11.8 Å². The summed E-state index contributed by atoms with van der Waals surface area (Å²) in [7, 11) is 0. The lowest BCUT2D eigenvalue weighted by atomic mass is 9.85. The summed E-state index contributed by atoms with van der Waals surface area (Å²) in [5.74, 6) is -0.561. The van der Waals surface area contributed by atoms with E-state index in [1.54, 1.807) is 0 Å². The SMILES string of the molecule is CCCCCCCC1(CC[C@@H]2C(C/C=C\CCCC(=O)OC(C)C)C(O)C[C@H]2O)OCCO1. The van der Waals surface area contributed by atoms with E-state index in [0.717, 1.165) is 44.9 Å². The number of allylic oxidation sites excluding steroid dienone is 2. The molecule has 2 fully saturated rings. The number of aliphatic hydroxyl groups is 2. The number of aliphatic hydroxyl groups excluding tert-OH is 2. The third-order valence-electron chi connectivity index (χ3n) is 7.05. The van der Waals surface area contributed by atoms with Gasteiger partial charge in [0.15, 0.2) is 5.79 Å². The summed E-state index contributed by atoms with van der Waals surface area (Å²) in [6, 6.07) is 0. The minimum Gasteiger partial charge on any atom is -0.463 e. The van der Waals surface area contributed by atoms with Gasteiger partial charge in [-0.25, -0.2) is 0 Å². The average Bonchev–Trinajstić information content (AvgIpc) is 3.33. The molecule has 1 heterocycles. The molecular weight excluding hydrogens is 420 g/mol. The molecule has 4 atom stereocenters. The minimum atomic E-state index is -0.509. The fourth-order valence-electron chi connectivity index (χ4n) is 5.26. The molecule has 33 heavy (non-hydrogen) atoms. The third kappa shape index (κ3) is 10.1. The largest absolute Gasteiger partial charge is 0.463 e. The molecule has 0 aromatic carbocycles. The molecule has 2 aliphatic rings. The van der Waals surface area contributed by atoms with Crippen LogP contribution in [0.2, 0.25) is 0 Å². The van der Waals surface area contributed by atoms with Crippen LogP contribution in [0.4, 0.5) is 0 Å². The number of hydrogen-bond donors (Lipinski definition) is 2. The van der Waals surface area contributed by atoms with Gasteiger partial charge in [0.25, 0.3) is 0 Å². The van der Waals surface area contributed by atoms with E-state index in [1.165, 1.54) is 25.7 Å². The number of carbonyl (C=O) groups excluding carboxylic acids is 1. The zero-order chi connectivity index (χ0) is 24.1. The molecule has 0 aromatic rings. The maximum absolute atomic E-state index is 11.6. The van der Waals surface area contributed by atoms with E-state index in [4.69, 9.17) is 14.2 Å². The summed E-state index contributed by atoms with van der Waals surface area (Å²) in [6.07, 6.45) is 14.9. The standard InChI is InChI=1S/C27H48O6/c1-4-5-6-9-12-16-27(31-18-19-32-27)17-15-23-22(24(28)20-25(23)29)13-10-7-8-11-14-26(30)33-21(2)3/h7,10,21-25,28-29H,4-6,8-9,11-20H2,1-3H3/b10-7-/t22?,23-,24?,25-/m1/s1. The van der Waals surface area contributed by atoms with Gasteiger partial charge in [-0.2, -0.15) is 0 Å². The summed E-state index contributed by atoms with van der Waals surface area (Å²) >= 11 is 0. The van der Waals surface area contributed by atoms with Crippen molar-refractivity contribution < 1.29 is 29.2 Å². The Bertz CT molecular complexity index is 569.